The van der Waals surface area contributed by atoms with E-state index in [2.05, 4.69) is 5.92 Å². The lowest BCUT2D eigenvalue weighted by atomic mass is 9.98. The average molecular weight is 237 g/mol. The van der Waals surface area contributed by atoms with E-state index in [-0.39, 0.29) is 5.91 Å². The predicted molar refractivity (Wildman–Crippen MR) is 64.2 cm³/mol. The largest absolute Gasteiger partial charge is 0.481 e. The second-order valence-electron chi connectivity index (χ2n) is 4.43. The number of carboxylic acids is 1. The van der Waals surface area contributed by atoms with Gasteiger partial charge in [0.05, 0.1) is 5.92 Å². The van der Waals surface area contributed by atoms with Crippen molar-refractivity contribution in [2.45, 2.75) is 38.5 Å². The summed E-state index contributed by atoms with van der Waals surface area (Å²) in [6.07, 6.45) is 9.42. The summed E-state index contributed by atoms with van der Waals surface area (Å²) < 4.78 is 0. The van der Waals surface area contributed by atoms with Crippen molar-refractivity contribution in [3.05, 3.63) is 0 Å². The van der Waals surface area contributed by atoms with Crippen molar-refractivity contribution in [1.29, 1.82) is 0 Å². The lowest BCUT2D eigenvalue weighted by Crippen LogP contribution is -2.42. The van der Waals surface area contributed by atoms with Gasteiger partial charge in [-0.3, -0.25) is 9.59 Å². The number of unbranched alkanes of at least 4 members (excludes halogenated alkanes) is 2. The Morgan fingerprint density at radius 2 is 2.18 bits per heavy atom. The number of rotatable bonds is 5. The molecule has 94 valence electrons. The predicted octanol–water partition coefficient (Wildman–Crippen LogP) is 1.50. The molecule has 0 aliphatic carbocycles. The molecule has 0 spiro atoms. The average Bonchev–Trinajstić information content (AvgIpc) is 2.34. The van der Waals surface area contributed by atoms with E-state index in [0.717, 1.165) is 19.3 Å². The van der Waals surface area contributed by atoms with E-state index >= 15 is 0 Å². The summed E-state index contributed by atoms with van der Waals surface area (Å²) in [5.41, 5.74) is 0. The molecule has 1 heterocycles. The highest BCUT2D eigenvalue weighted by molar-refractivity contribution is 5.78. The van der Waals surface area contributed by atoms with Crippen molar-refractivity contribution in [1.82, 2.24) is 4.90 Å². The summed E-state index contributed by atoms with van der Waals surface area (Å²) in [6, 6.07) is 0. The number of hydrogen-bond donors (Lipinski definition) is 1. The van der Waals surface area contributed by atoms with Crippen LogP contribution >= 0.6 is 0 Å². The molecule has 17 heavy (non-hydrogen) atoms. The molecule has 4 heteroatoms. The third-order valence-corrected chi connectivity index (χ3v) is 3.09. The topological polar surface area (TPSA) is 57.6 Å². The molecule has 1 atom stereocenters. The Labute approximate surface area is 102 Å². The lowest BCUT2D eigenvalue weighted by molar-refractivity contribution is -0.145. The van der Waals surface area contributed by atoms with Crippen LogP contribution in [-0.2, 0) is 9.59 Å². The Morgan fingerprint density at radius 1 is 1.41 bits per heavy atom. The fourth-order valence-electron chi connectivity index (χ4n) is 2.07. The fraction of sp³-hybridized carbons (Fsp3) is 0.692. The van der Waals surface area contributed by atoms with Gasteiger partial charge in [-0.2, -0.15) is 0 Å². The molecule has 1 fully saturated rings. The molecule has 0 aromatic carbocycles. The summed E-state index contributed by atoms with van der Waals surface area (Å²) in [5.74, 6) is 1.42. The maximum atomic E-state index is 11.8. The number of amides is 1. The number of nitrogens with zero attached hydrogens (tertiary/aromatic N) is 1. The van der Waals surface area contributed by atoms with Crippen LogP contribution in [-0.4, -0.2) is 35.0 Å². The Kier molecular flexibility index (Phi) is 5.55. The lowest BCUT2D eigenvalue weighted by Gasteiger charge is -2.30. The molecule has 0 radical (unpaired) electrons. The van der Waals surface area contributed by atoms with Crippen LogP contribution in [0.15, 0.2) is 0 Å². The first kappa shape index (κ1) is 13.6. The van der Waals surface area contributed by atoms with E-state index in [4.69, 9.17) is 11.5 Å². The Morgan fingerprint density at radius 3 is 2.82 bits per heavy atom. The number of carbonyl (C=O) groups is 2. The van der Waals surface area contributed by atoms with Crippen LogP contribution in [0.3, 0.4) is 0 Å². The summed E-state index contributed by atoms with van der Waals surface area (Å²) in [4.78, 5) is 24.4. The third-order valence-electron chi connectivity index (χ3n) is 3.09. The Bertz CT molecular complexity index is 319. The molecule has 1 saturated heterocycles. The number of aliphatic carboxylic acids is 1. The first-order valence-corrected chi connectivity index (χ1v) is 6.09. The highest BCUT2D eigenvalue weighted by atomic mass is 16.4. The number of carboxylic acid groups (broad SMARTS) is 1. The molecule has 1 rings (SSSR count). The minimum absolute atomic E-state index is 0.0629. The Hall–Kier alpha value is -1.50. The van der Waals surface area contributed by atoms with Crippen molar-refractivity contribution in [3.8, 4) is 12.3 Å². The highest BCUT2D eigenvalue weighted by Crippen LogP contribution is 2.17. The molecule has 0 aromatic rings. The number of hydrogen-bond acceptors (Lipinski definition) is 2. The van der Waals surface area contributed by atoms with Gasteiger partial charge in [0.15, 0.2) is 0 Å². The molecule has 0 aromatic heterocycles. The van der Waals surface area contributed by atoms with E-state index in [0.29, 0.717) is 32.4 Å². The molecule has 1 aliphatic heterocycles. The molecule has 1 unspecified atom stereocenters. The first-order valence-electron chi connectivity index (χ1n) is 6.09. The number of likely N-dealkylation sites (tertiary alicyclic amines) is 1. The van der Waals surface area contributed by atoms with Gasteiger partial charge in [0, 0.05) is 25.9 Å². The smallest absolute Gasteiger partial charge is 0.308 e. The maximum Gasteiger partial charge on any atom is 0.308 e. The third kappa shape index (κ3) is 4.48. The van der Waals surface area contributed by atoms with E-state index in [1.54, 1.807) is 4.90 Å². The van der Waals surface area contributed by atoms with Crippen molar-refractivity contribution in [2.24, 2.45) is 5.92 Å². The zero-order valence-electron chi connectivity index (χ0n) is 10.0. The van der Waals surface area contributed by atoms with Gasteiger partial charge in [-0.25, -0.2) is 0 Å². The molecule has 4 nitrogen and oxygen atoms in total. The van der Waals surface area contributed by atoms with Gasteiger partial charge in [0.25, 0.3) is 0 Å². The van der Waals surface area contributed by atoms with Gasteiger partial charge in [-0.15, -0.1) is 12.3 Å². The molecule has 0 bridgehead atoms. The van der Waals surface area contributed by atoms with Crippen molar-refractivity contribution < 1.29 is 14.7 Å². The minimum Gasteiger partial charge on any atom is -0.481 e. The monoisotopic (exact) mass is 237 g/mol. The van der Waals surface area contributed by atoms with Gasteiger partial charge >= 0.3 is 5.97 Å². The zero-order chi connectivity index (χ0) is 12.7. The van der Waals surface area contributed by atoms with Crippen molar-refractivity contribution >= 4 is 11.9 Å². The van der Waals surface area contributed by atoms with E-state index in [1.165, 1.54) is 0 Å². The second-order valence-corrected chi connectivity index (χ2v) is 4.43. The highest BCUT2D eigenvalue weighted by Gasteiger charge is 2.27. The number of carbonyl (C=O) groups excluding carboxylic acids is 1. The first-order chi connectivity index (χ1) is 8.15. The van der Waals surface area contributed by atoms with Crippen LogP contribution in [0, 0.1) is 18.3 Å². The van der Waals surface area contributed by atoms with Crippen LogP contribution < -0.4 is 0 Å². The van der Waals surface area contributed by atoms with Crippen LogP contribution in [0.4, 0.5) is 0 Å². The minimum atomic E-state index is -0.796. The number of piperidine rings is 1. The SMILES string of the molecule is C#CCCCCC(=O)N1CCCC(C(=O)O)C1. The number of terminal acetylenes is 1. The molecule has 1 amide bonds. The van der Waals surface area contributed by atoms with E-state index in [9.17, 15) is 9.59 Å². The van der Waals surface area contributed by atoms with Gasteiger partial charge in [0.1, 0.15) is 0 Å². The zero-order valence-corrected chi connectivity index (χ0v) is 10.0. The summed E-state index contributed by atoms with van der Waals surface area (Å²) >= 11 is 0. The van der Waals surface area contributed by atoms with Crippen LogP contribution in [0.1, 0.15) is 38.5 Å². The summed E-state index contributed by atoms with van der Waals surface area (Å²) in [7, 11) is 0. The van der Waals surface area contributed by atoms with E-state index < -0.39 is 11.9 Å². The molecular weight excluding hydrogens is 218 g/mol. The standard InChI is InChI=1S/C13H19NO3/c1-2-3-4-5-8-12(15)14-9-6-7-11(10-14)13(16)17/h1,11H,3-10H2,(H,16,17). The van der Waals surface area contributed by atoms with Crippen LogP contribution in [0.25, 0.3) is 0 Å². The molecule has 0 saturated carbocycles. The Balaban J connectivity index is 2.31. The fourth-order valence-corrected chi connectivity index (χ4v) is 2.07. The van der Waals surface area contributed by atoms with Gasteiger partial charge in [-0.1, -0.05) is 0 Å². The van der Waals surface area contributed by atoms with Crippen LogP contribution in [0.2, 0.25) is 0 Å². The van der Waals surface area contributed by atoms with Crippen molar-refractivity contribution in [3.63, 3.8) is 0 Å². The molecular formula is C13H19NO3. The van der Waals surface area contributed by atoms with E-state index in [1.807, 2.05) is 0 Å². The van der Waals surface area contributed by atoms with Crippen molar-refractivity contribution in [2.75, 3.05) is 13.1 Å². The summed E-state index contributed by atoms with van der Waals surface area (Å²) in [6.45, 7) is 1.06. The maximum absolute atomic E-state index is 11.8. The van der Waals surface area contributed by atoms with Gasteiger partial charge in [0.2, 0.25) is 5.91 Å². The second kappa shape index (κ2) is 6.95. The normalized spacial score (nSPS) is 19.7. The van der Waals surface area contributed by atoms with Gasteiger partial charge < -0.3 is 10.0 Å². The molecule has 1 N–H and O–H groups in total. The summed E-state index contributed by atoms with van der Waals surface area (Å²) in [5, 5.41) is 8.92. The van der Waals surface area contributed by atoms with Gasteiger partial charge in [-0.05, 0) is 25.7 Å². The van der Waals surface area contributed by atoms with Crippen LogP contribution in [0.5, 0.6) is 0 Å². The molecule has 1 aliphatic rings. The quantitative estimate of drug-likeness (QED) is 0.582.